The predicted octanol–water partition coefficient (Wildman–Crippen LogP) is 6.16. The van der Waals surface area contributed by atoms with Crippen LogP contribution in [-0.2, 0) is 4.74 Å². The van der Waals surface area contributed by atoms with E-state index in [1.165, 1.54) is 44.2 Å². The molecular formula is C16H19Cl3O2. The third kappa shape index (κ3) is 4.51. The number of unbranched alkanes of at least 4 members (excludes halogenated alkanes) is 1. The molecule has 0 atom stereocenters. The summed E-state index contributed by atoms with van der Waals surface area (Å²) in [5, 5.41) is 0.828. The molecule has 0 spiro atoms. The number of ether oxygens (including phenoxy) is 1. The van der Waals surface area contributed by atoms with Crippen LogP contribution in [0.2, 0.25) is 15.1 Å². The largest absolute Gasteiger partial charge is 0.462 e. The summed E-state index contributed by atoms with van der Waals surface area (Å²) in [6.07, 6.45) is 7.08. The molecule has 116 valence electrons. The van der Waals surface area contributed by atoms with Crippen LogP contribution in [0.4, 0.5) is 0 Å². The third-order valence-corrected chi connectivity index (χ3v) is 5.12. The van der Waals surface area contributed by atoms with Crippen molar-refractivity contribution in [3.63, 3.8) is 0 Å². The van der Waals surface area contributed by atoms with E-state index >= 15 is 0 Å². The zero-order chi connectivity index (χ0) is 15.5. The number of carbonyl (C=O) groups is 1. The molecule has 0 saturated heterocycles. The molecule has 2 rings (SSSR count). The van der Waals surface area contributed by atoms with Crippen LogP contribution >= 0.6 is 34.8 Å². The van der Waals surface area contributed by atoms with Crippen molar-refractivity contribution in [1.82, 2.24) is 0 Å². The lowest BCUT2D eigenvalue weighted by Gasteiger charge is -2.14. The highest BCUT2D eigenvalue weighted by atomic mass is 35.5. The highest BCUT2D eigenvalue weighted by Crippen LogP contribution is 2.52. The van der Waals surface area contributed by atoms with Gasteiger partial charge in [0.25, 0.3) is 0 Å². The SMILES string of the molecule is CCCCC1(CCOC(=O)c2cc(Cl)cc(Cl)c2Cl)CC1. The van der Waals surface area contributed by atoms with Gasteiger partial charge in [-0.2, -0.15) is 0 Å². The number of esters is 1. The van der Waals surface area contributed by atoms with E-state index in [9.17, 15) is 4.79 Å². The summed E-state index contributed by atoms with van der Waals surface area (Å²) in [7, 11) is 0. The molecule has 0 aliphatic heterocycles. The average Bonchev–Trinajstić information content (AvgIpc) is 3.21. The molecule has 0 aromatic heterocycles. The first-order valence-electron chi connectivity index (χ1n) is 7.29. The van der Waals surface area contributed by atoms with Crippen molar-refractivity contribution in [2.24, 2.45) is 5.41 Å². The van der Waals surface area contributed by atoms with Gasteiger partial charge in [-0.05, 0) is 43.2 Å². The molecule has 1 saturated carbocycles. The van der Waals surface area contributed by atoms with E-state index in [0.29, 0.717) is 17.0 Å². The Morgan fingerprint density at radius 1 is 1.24 bits per heavy atom. The number of hydrogen-bond donors (Lipinski definition) is 0. The lowest BCUT2D eigenvalue weighted by atomic mass is 9.96. The van der Waals surface area contributed by atoms with Crippen molar-refractivity contribution in [2.45, 2.75) is 45.4 Å². The van der Waals surface area contributed by atoms with Crippen LogP contribution in [0.15, 0.2) is 12.1 Å². The number of carbonyl (C=O) groups excluding carboxylic acids is 1. The van der Waals surface area contributed by atoms with Crippen LogP contribution in [0, 0.1) is 5.41 Å². The van der Waals surface area contributed by atoms with Gasteiger partial charge in [-0.1, -0.05) is 54.6 Å². The normalized spacial score (nSPS) is 15.8. The van der Waals surface area contributed by atoms with Crippen LogP contribution in [0.1, 0.15) is 55.8 Å². The van der Waals surface area contributed by atoms with Gasteiger partial charge in [0.15, 0.2) is 0 Å². The summed E-state index contributed by atoms with van der Waals surface area (Å²) < 4.78 is 5.33. The molecule has 0 unspecified atom stereocenters. The van der Waals surface area contributed by atoms with Crippen LogP contribution in [0.25, 0.3) is 0 Å². The van der Waals surface area contributed by atoms with Crippen LogP contribution in [0.5, 0.6) is 0 Å². The fourth-order valence-electron chi connectivity index (χ4n) is 2.50. The zero-order valence-electron chi connectivity index (χ0n) is 12.1. The molecule has 0 radical (unpaired) electrons. The van der Waals surface area contributed by atoms with E-state index in [0.717, 1.165) is 6.42 Å². The first kappa shape index (κ1) is 16.9. The number of benzene rings is 1. The van der Waals surface area contributed by atoms with Crippen LogP contribution < -0.4 is 0 Å². The number of hydrogen-bond acceptors (Lipinski definition) is 2. The second-order valence-corrected chi connectivity index (χ2v) is 6.96. The summed E-state index contributed by atoms with van der Waals surface area (Å²) in [6, 6.07) is 2.99. The molecule has 21 heavy (non-hydrogen) atoms. The summed E-state index contributed by atoms with van der Waals surface area (Å²) in [5.74, 6) is -0.462. The van der Waals surface area contributed by atoms with Crippen molar-refractivity contribution in [1.29, 1.82) is 0 Å². The van der Waals surface area contributed by atoms with Crippen molar-refractivity contribution in [3.05, 3.63) is 32.8 Å². The fraction of sp³-hybridized carbons (Fsp3) is 0.562. The second kappa shape index (κ2) is 7.21. The molecule has 0 N–H and O–H groups in total. The quantitative estimate of drug-likeness (QED) is 0.435. The highest BCUT2D eigenvalue weighted by Gasteiger charge is 2.41. The van der Waals surface area contributed by atoms with E-state index in [1.54, 1.807) is 0 Å². The molecule has 1 aliphatic carbocycles. The van der Waals surface area contributed by atoms with Gasteiger partial charge in [0.2, 0.25) is 0 Å². The average molecular weight is 350 g/mol. The van der Waals surface area contributed by atoms with Crippen molar-refractivity contribution in [2.75, 3.05) is 6.61 Å². The molecule has 1 fully saturated rings. The predicted molar refractivity (Wildman–Crippen MR) is 87.6 cm³/mol. The monoisotopic (exact) mass is 348 g/mol. The Kier molecular flexibility index (Phi) is 5.81. The Morgan fingerprint density at radius 3 is 2.57 bits per heavy atom. The van der Waals surface area contributed by atoms with Crippen molar-refractivity contribution >= 4 is 40.8 Å². The van der Waals surface area contributed by atoms with E-state index in [4.69, 9.17) is 39.5 Å². The smallest absolute Gasteiger partial charge is 0.339 e. The Bertz CT molecular complexity index is 524. The fourth-order valence-corrected chi connectivity index (χ4v) is 3.18. The van der Waals surface area contributed by atoms with Gasteiger partial charge in [0.1, 0.15) is 0 Å². The minimum Gasteiger partial charge on any atom is -0.462 e. The number of rotatable bonds is 7. The molecule has 5 heteroatoms. The first-order chi connectivity index (χ1) is 9.97. The minimum atomic E-state index is -0.462. The maximum Gasteiger partial charge on any atom is 0.339 e. The Balaban J connectivity index is 1.88. The Morgan fingerprint density at radius 2 is 1.95 bits per heavy atom. The highest BCUT2D eigenvalue weighted by molar-refractivity contribution is 6.45. The van der Waals surface area contributed by atoms with Gasteiger partial charge in [-0.25, -0.2) is 4.79 Å². The summed E-state index contributed by atoms with van der Waals surface area (Å²) in [5.41, 5.74) is 0.638. The van der Waals surface area contributed by atoms with Crippen molar-refractivity contribution < 1.29 is 9.53 Å². The standard InChI is InChI=1S/C16H19Cl3O2/c1-2-3-4-16(5-6-16)7-8-21-15(20)12-9-11(17)10-13(18)14(12)19/h9-10H,2-8H2,1H3. The molecule has 0 amide bonds. The van der Waals surface area contributed by atoms with Gasteiger partial charge in [-0.3, -0.25) is 0 Å². The zero-order valence-corrected chi connectivity index (χ0v) is 14.3. The van der Waals surface area contributed by atoms with Gasteiger partial charge in [-0.15, -0.1) is 0 Å². The van der Waals surface area contributed by atoms with Gasteiger partial charge in [0, 0.05) is 5.02 Å². The summed E-state index contributed by atoms with van der Waals surface area (Å²) in [4.78, 5) is 12.1. The molecule has 2 nitrogen and oxygen atoms in total. The number of halogens is 3. The van der Waals surface area contributed by atoms with Crippen LogP contribution in [-0.4, -0.2) is 12.6 Å². The Labute approximate surface area is 140 Å². The molecular weight excluding hydrogens is 331 g/mol. The minimum absolute atomic E-state index is 0.193. The van der Waals surface area contributed by atoms with Crippen LogP contribution in [0.3, 0.4) is 0 Å². The summed E-state index contributed by atoms with van der Waals surface area (Å²) in [6.45, 7) is 2.62. The molecule has 1 aromatic carbocycles. The van der Waals surface area contributed by atoms with E-state index in [1.807, 2.05) is 0 Å². The van der Waals surface area contributed by atoms with E-state index in [2.05, 4.69) is 6.92 Å². The second-order valence-electron chi connectivity index (χ2n) is 5.74. The molecule has 1 aliphatic rings. The molecule has 0 heterocycles. The lowest BCUT2D eigenvalue weighted by molar-refractivity contribution is 0.0475. The van der Waals surface area contributed by atoms with Crippen molar-refractivity contribution in [3.8, 4) is 0 Å². The topological polar surface area (TPSA) is 26.3 Å². The summed E-state index contributed by atoms with van der Waals surface area (Å²) >= 11 is 17.8. The third-order valence-electron chi connectivity index (χ3n) is 4.10. The maximum absolute atomic E-state index is 12.1. The molecule has 1 aromatic rings. The van der Waals surface area contributed by atoms with Gasteiger partial charge >= 0.3 is 5.97 Å². The van der Waals surface area contributed by atoms with Gasteiger partial charge in [0.05, 0.1) is 22.2 Å². The maximum atomic E-state index is 12.1. The molecule has 0 bridgehead atoms. The van der Waals surface area contributed by atoms with Gasteiger partial charge < -0.3 is 4.74 Å². The first-order valence-corrected chi connectivity index (χ1v) is 8.42. The van der Waals surface area contributed by atoms with E-state index in [-0.39, 0.29) is 15.6 Å². The lowest BCUT2D eigenvalue weighted by Crippen LogP contribution is -2.11. The Hall–Kier alpha value is -0.440. The van der Waals surface area contributed by atoms with E-state index < -0.39 is 5.97 Å².